The van der Waals surface area contributed by atoms with E-state index in [2.05, 4.69) is 35.1 Å². The van der Waals surface area contributed by atoms with E-state index in [-0.39, 0.29) is 30.1 Å². The number of hydrogen-bond donors (Lipinski definition) is 2. The molecule has 1 saturated heterocycles. The lowest BCUT2D eigenvalue weighted by molar-refractivity contribution is -0.201. The van der Waals surface area contributed by atoms with E-state index in [1.807, 2.05) is 4.90 Å². The molecule has 0 spiro atoms. The van der Waals surface area contributed by atoms with Gasteiger partial charge in [0, 0.05) is 33.3 Å². The molecule has 33 heavy (non-hydrogen) atoms. The van der Waals surface area contributed by atoms with E-state index in [4.69, 9.17) is 9.47 Å². The number of rotatable bonds is 9. The Morgan fingerprint density at radius 3 is 2.45 bits per heavy atom. The lowest BCUT2D eigenvalue weighted by Crippen LogP contribution is -2.54. The topological polar surface area (TPSA) is 91.3 Å². The average Bonchev–Trinajstić information content (AvgIpc) is 3.39. The zero-order chi connectivity index (χ0) is 23.6. The maximum Gasteiger partial charge on any atom is 0.279 e. The van der Waals surface area contributed by atoms with E-state index in [0.717, 1.165) is 44.9 Å². The molecule has 0 bridgehead atoms. The van der Waals surface area contributed by atoms with Crippen molar-refractivity contribution < 1.29 is 23.0 Å². The van der Waals surface area contributed by atoms with Crippen LogP contribution < -0.4 is 4.72 Å². The van der Waals surface area contributed by atoms with Crippen LogP contribution in [0.2, 0.25) is 0 Å². The fourth-order valence-electron chi connectivity index (χ4n) is 6.08. The van der Waals surface area contributed by atoms with E-state index in [9.17, 15) is 13.5 Å². The van der Waals surface area contributed by atoms with Gasteiger partial charge in [-0.2, -0.15) is 17.4 Å². The van der Waals surface area contributed by atoms with Crippen LogP contribution in [0.1, 0.15) is 56.4 Å². The van der Waals surface area contributed by atoms with Gasteiger partial charge >= 0.3 is 0 Å². The molecule has 3 fully saturated rings. The van der Waals surface area contributed by atoms with Crippen molar-refractivity contribution in [3.05, 3.63) is 35.9 Å². The predicted molar refractivity (Wildman–Crippen MR) is 127 cm³/mol. The highest BCUT2D eigenvalue weighted by Gasteiger charge is 2.54. The van der Waals surface area contributed by atoms with E-state index < -0.39 is 16.6 Å². The molecule has 2 N–H and O–H groups in total. The summed E-state index contributed by atoms with van der Waals surface area (Å²) >= 11 is 0. The molecular weight excluding hydrogens is 442 g/mol. The van der Waals surface area contributed by atoms with Gasteiger partial charge in [0.25, 0.3) is 10.2 Å². The van der Waals surface area contributed by atoms with Crippen molar-refractivity contribution in [2.75, 3.05) is 27.8 Å². The standard InChI is InChI=1S/C24H39N3O5S/c1-26(2)33(29,30)25-23-20-10-7-11-21(20)27(24(28)31-3)22(23)16-32-19-14-12-18(13-15-19)17-8-5-4-6-9-17/h4-6,8-9,18-25,28H,7,10-16H2,1-3H3/t18?,19?,20-,21+,22-,23-,24?/m0/s1. The van der Waals surface area contributed by atoms with Gasteiger partial charge in [-0.15, -0.1) is 0 Å². The molecule has 2 aliphatic carbocycles. The number of methoxy groups -OCH3 is 1. The molecule has 1 heterocycles. The third-order valence-electron chi connectivity index (χ3n) is 7.85. The molecule has 2 saturated carbocycles. The quantitative estimate of drug-likeness (QED) is 0.526. The first kappa shape index (κ1) is 25.0. The highest BCUT2D eigenvalue weighted by molar-refractivity contribution is 7.87. The molecule has 0 aromatic heterocycles. The molecule has 5 atom stereocenters. The smallest absolute Gasteiger partial charge is 0.279 e. The highest BCUT2D eigenvalue weighted by Crippen LogP contribution is 2.43. The number of benzene rings is 1. The Morgan fingerprint density at radius 1 is 1.12 bits per heavy atom. The van der Waals surface area contributed by atoms with Crippen LogP contribution in [-0.4, -0.2) is 81.2 Å². The summed E-state index contributed by atoms with van der Waals surface area (Å²) in [6.07, 6.45) is 6.09. The third kappa shape index (κ3) is 5.45. The van der Waals surface area contributed by atoms with Crippen molar-refractivity contribution in [1.29, 1.82) is 0 Å². The number of fused-ring (bicyclic) bond motifs is 1. The van der Waals surface area contributed by atoms with Crippen molar-refractivity contribution in [2.45, 2.75) is 81.5 Å². The molecule has 4 rings (SSSR count). The average molecular weight is 482 g/mol. The molecule has 1 aliphatic heterocycles. The second-order valence-corrected chi connectivity index (χ2v) is 11.8. The Labute approximate surface area is 198 Å². The number of nitrogens with one attached hydrogen (secondary N) is 1. The summed E-state index contributed by atoms with van der Waals surface area (Å²) in [5, 5.41) is 10.7. The summed E-state index contributed by atoms with van der Waals surface area (Å²) in [6, 6.07) is 10.1. The van der Waals surface area contributed by atoms with E-state index in [1.54, 1.807) is 0 Å². The van der Waals surface area contributed by atoms with Crippen molar-refractivity contribution in [1.82, 2.24) is 13.9 Å². The van der Waals surface area contributed by atoms with Crippen LogP contribution in [0, 0.1) is 5.92 Å². The predicted octanol–water partition coefficient (Wildman–Crippen LogP) is 2.27. The molecule has 1 aromatic rings. The number of nitrogens with zero attached hydrogens (tertiary/aromatic N) is 2. The van der Waals surface area contributed by atoms with Gasteiger partial charge in [0.15, 0.2) is 0 Å². The number of hydrogen-bond acceptors (Lipinski definition) is 6. The summed E-state index contributed by atoms with van der Waals surface area (Å²) in [6.45, 7) is 0.370. The molecule has 3 aliphatic rings. The Hall–Kier alpha value is -1.07. The van der Waals surface area contributed by atoms with Crippen molar-refractivity contribution in [3.63, 3.8) is 0 Å². The van der Waals surface area contributed by atoms with E-state index in [0.29, 0.717) is 12.5 Å². The Bertz CT molecular complexity index is 860. The maximum absolute atomic E-state index is 12.7. The first-order valence-corrected chi connectivity index (χ1v) is 13.6. The SMILES string of the molecule is COC(O)N1[C@@H]2CCC[C@@H]2[C@H](NS(=O)(=O)N(C)C)[C@@H]1COC1CCC(c2ccccc2)CC1. The molecule has 0 amide bonds. The van der Waals surface area contributed by atoms with Gasteiger partial charge in [0.1, 0.15) is 0 Å². The first-order valence-electron chi connectivity index (χ1n) is 12.2. The fraction of sp³-hybridized carbons (Fsp3) is 0.750. The van der Waals surface area contributed by atoms with Crippen molar-refractivity contribution in [2.24, 2.45) is 5.92 Å². The van der Waals surface area contributed by atoms with Crippen LogP contribution in [0.3, 0.4) is 0 Å². The Balaban J connectivity index is 1.44. The Morgan fingerprint density at radius 2 is 1.82 bits per heavy atom. The zero-order valence-electron chi connectivity index (χ0n) is 20.0. The van der Waals surface area contributed by atoms with Crippen LogP contribution in [0.25, 0.3) is 0 Å². The van der Waals surface area contributed by atoms with Gasteiger partial charge in [-0.3, -0.25) is 0 Å². The minimum atomic E-state index is -3.61. The zero-order valence-corrected chi connectivity index (χ0v) is 20.8. The lowest BCUT2D eigenvalue weighted by atomic mass is 9.83. The number of aliphatic hydroxyl groups is 1. The summed E-state index contributed by atoms with van der Waals surface area (Å²) < 4.78 is 41.2. The van der Waals surface area contributed by atoms with Gasteiger partial charge in [0.2, 0.25) is 6.41 Å². The van der Waals surface area contributed by atoms with Crippen LogP contribution in [-0.2, 0) is 19.7 Å². The van der Waals surface area contributed by atoms with Crippen LogP contribution in [0.4, 0.5) is 0 Å². The number of likely N-dealkylation sites (tertiary alicyclic amines) is 1. The summed E-state index contributed by atoms with van der Waals surface area (Å²) in [5.41, 5.74) is 1.40. The molecule has 8 nitrogen and oxygen atoms in total. The largest absolute Gasteiger partial charge is 0.377 e. The molecule has 186 valence electrons. The maximum atomic E-state index is 12.7. The van der Waals surface area contributed by atoms with Gasteiger partial charge in [-0.1, -0.05) is 36.8 Å². The second-order valence-electron chi connectivity index (χ2n) is 9.89. The minimum absolute atomic E-state index is 0.0808. The normalized spacial score (nSPS) is 34.0. The summed E-state index contributed by atoms with van der Waals surface area (Å²) in [4.78, 5) is 1.94. The number of aliphatic hydroxyl groups excluding tert-OH is 1. The molecule has 1 aromatic carbocycles. The minimum Gasteiger partial charge on any atom is -0.377 e. The summed E-state index contributed by atoms with van der Waals surface area (Å²) in [5.74, 6) is 0.704. The molecule has 1 unspecified atom stereocenters. The van der Waals surface area contributed by atoms with Crippen LogP contribution >= 0.6 is 0 Å². The first-order chi connectivity index (χ1) is 15.8. The van der Waals surface area contributed by atoms with Gasteiger partial charge in [-0.05, 0) is 55.9 Å². The third-order valence-corrected chi connectivity index (χ3v) is 9.38. The van der Waals surface area contributed by atoms with Crippen LogP contribution in [0.15, 0.2) is 30.3 Å². The second kappa shape index (κ2) is 10.7. The van der Waals surface area contributed by atoms with E-state index in [1.165, 1.54) is 31.1 Å². The summed E-state index contributed by atoms with van der Waals surface area (Å²) in [7, 11) is 0.929. The molecular formula is C24H39N3O5S. The van der Waals surface area contributed by atoms with Crippen LogP contribution in [0.5, 0.6) is 0 Å². The molecule has 0 radical (unpaired) electrons. The van der Waals surface area contributed by atoms with Crippen molar-refractivity contribution in [3.8, 4) is 0 Å². The Kier molecular flexibility index (Phi) is 8.10. The molecule has 9 heteroatoms. The fourth-order valence-corrected chi connectivity index (χ4v) is 6.97. The highest BCUT2D eigenvalue weighted by atomic mass is 32.2. The monoisotopic (exact) mass is 481 g/mol. The van der Waals surface area contributed by atoms with E-state index >= 15 is 0 Å². The lowest BCUT2D eigenvalue weighted by Gasteiger charge is -2.36. The number of ether oxygens (including phenoxy) is 2. The van der Waals surface area contributed by atoms with Crippen molar-refractivity contribution >= 4 is 10.2 Å². The van der Waals surface area contributed by atoms with Gasteiger partial charge in [-0.25, -0.2) is 4.90 Å². The van der Waals surface area contributed by atoms with Gasteiger partial charge < -0.3 is 14.6 Å². The van der Waals surface area contributed by atoms with Gasteiger partial charge in [0.05, 0.1) is 18.8 Å².